The van der Waals surface area contributed by atoms with E-state index < -0.39 is 27.8 Å². The van der Waals surface area contributed by atoms with Crippen LogP contribution in [-0.2, 0) is 21.2 Å². The predicted molar refractivity (Wildman–Crippen MR) is 72.3 cm³/mol. The summed E-state index contributed by atoms with van der Waals surface area (Å²) in [6.07, 6.45) is 0.190. The third-order valence-electron chi connectivity index (χ3n) is 2.85. The highest BCUT2D eigenvalue weighted by atomic mass is 32.2. The van der Waals surface area contributed by atoms with Crippen molar-refractivity contribution in [3.05, 3.63) is 16.1 Å². The molecule has 0 spiro atoms. The minimum atomic E-state index is -3.93. The number of sulfonamides is 1. The molecule has 0 aromatic carbocycles. The van der Waals surface area contributed by atoms with Gasteiger partial charge in [-0.1, -0.05) is 0 Å². The standard InChI is InChI=1S/C11H16F2N2O3S2/c1-7(11(3,12)13)10(16)15-20(17,18)5-4-9-8(2)14-6-19-9/h6-7H,4-5H2,1-3H3,(H,15,16). The fourth-order valence-corrected chi connectivity index (χ4v) is 3.28. The lowest BCUT2D eigenvalue weighted by molar-refractivity contribution is -0.134. The summed E-state index contributed by atoms with van der Waals surface area (Å²) < 4.78 is 50.9. The molecule has 1 aromatic rings. The molecule has 1 rings (SSSR count). The molecule has 5 nitrogen and oxygen atoms in total. The lowest BCUT2D eigenvalue weighted by atomic mass is 10.1. The second-order valence-electron chi connectivity index (χ2n) is 4.57. The molecule has 0 fully saturated rings. The molecular formula is C11H16F2N2O3S2. The molecule has 1 amide bonds. The Bertz CT molecular complexity index is 579. The minimum Gasteiger partial charge on any atom is -0.273 e. The number of aryl methyl sites for hydroxylation is 2. The van der Waals surface area contributed by atoms with Crippen LogP contribution in [0.25, 0.3) is 0 Å². The van der Waals surface area contributed by atoms with Gasteiger partial charge in [0.05, 0.1) is 22.9 Å². The molecule has 1 heterocycles. The van der Waals surface area contributed by atoms with E-state index in [-0.39, 0.29) is 12.2 Å². The summed E-state index contributed by atoms with van der Waals surface area (Å²) in [6.45, 7) is 3.31. The first-order chi connectivity index (χ1) is 9.03. The number of alkyl halides is 2. The van der Waals surface area contributed by atoms with Crippen molar-refractivity contribution in [2.45, 2.75) is 33.1 Å². The summed E-state index contributed by atoms with van der Waals surface area (Å²) in [5.41, 5.74) is 2.32. The van der Waals surface area contributed by atoms with Gasteiger partial charge in [-0.25, -0.2) is 22.2 Å². The second kappa shape index (κ2) is 6.13. The van der Waals surface area contributed by atoms with Crippen molar-refractivity contribution >= 4 is 27.3 Å². The Balaban J connectivity index is 2.62. The smallest absolute Gasteiger partial charge is 0.256 e. The minimum absolute atomic E-state index is 0.190. The monoisotopic (exact) mass is 326 g/mol. The molecule has 1 aromatic heterocycles. The molecule has 0 saturated heterocycles. The number of aromatic nitrogens is 1. The molecule has 1 unspecified atom stereocenters. The number of nitrogens with zero attached hydrogens (tertiary/aromatic N) is 1. The summed E-state index contributed by atoms with van der Waals surface area (Å²) in [7, 11) is -3.93. The summed E-state index contributed by atoms with van der Waals surface area (Å²) in [6, 6.07) is 0. The Morgan fingerprint density at radius 2 is 2.15 bits per heavy atom. The van der Waals surface area contributed by atoms with Crippen molar-refractivity contribution in [1.29, 1.82) is 0 Å². The predicted octanol–water partition coefficient (Wildman–Crippen LogP) is 1.73. The van der Waals surface area contributed by atoms with E-state index in [1.54, 1.807) is 17.2 Å². The zero-order valence-electron chi connectivity index (χ0n) is 11.3. The molecule has 1 atom stereocenters. The first-order valence-corrected chi connectivity index (χ1v) is 8.37. The van der Waals surface area contributed by atoms with Gasteiger partial charge in [-0.15, -0.1) is 11.3 Å². The van der Waals surface area contributed by atoms with Crippen LogP contribution < -0.4 is 4.72 Å². The molecule has 0 saturated carbocycles. The van der Waals surface area contributed by atoms with E-state index in [4.69, 9.17) is 0 Å². The van der Waals surface area contributed by atoms with Crippen LogP contribution in [0.4, 0.5) is 8.78 Å². The number of thiazole rings is 1. The van der Waals surface area contributed by atoms with Crippen molar-refractivity contribution in [2.75, 3.05) is 5.75 Å². The lowest BCUT2D eigenvalue weighted by Crippen LogP contribution is -2.42. The normalized spacial score (nSPS) is 14.1. The SMILES string of the molecule is Cc1ncsc1CCS(=O)(=O)NC(=O)C(C)C(C)(F)F. The summed E-state index contributed by atoms with van der Waals surface area (Å²) in [5, 5.41) is 0. The third kappa shape index (κ3) is 4.78. The van der Waals surface area contributed by atoms with Crippen molar-refractivity contribution in [2.24, 2.45) is 5.92 Å². The van der Waals surface area contributed by atoms with Crippen LogP contribution in [0.3, 0.4) is 0 Å². The molecule has 0 aliphatic heterocycles. The third-order valence-corrected chi connectivity index (χ3v) is 5.10. The van der Waals surface area contributed by atoms with E-state index in [0.717, 1.165) is 17.5 Å². The molecule has 20 heavy (non-hydrogen) atoms. The zero-order valence-corrected chi connectivity index (χ0v) is 12.9. The highest BCUT2D eigenvalue weighted by Crippen LogP contribution is 2.23. The first-order valence-electron chi connectivity index (χ1n) is 5.84. The number of rotatable bonds is 6. The summed E-state index contributed by atoms with van der Waals surface area (Å²) in [5.74, 6) is -6.52. The van der Waals surface area contributed by atoms with E-state index >= 15 is 0 Å². The molecule has 0 aliphatic rings. The van der Waals surface area contributed by atoms with Crippen LogP contribution in [0.5, 0.6) is 0 Å². The number of hydrogen-bond acceptors (Lipinski definition) is 5. The molecule has 1 N–H and O–H groups in total. The van der Waals surface area contributed by atoms with Crippen molar-refractivity contribution < 1.29 is 22.0 Å². The van der Waals surface area contributed by atoms with Crippen LogP contribution in [0, 0.1) is 12.8 Å². The molecule has 0 bridgehead atoms. The maximum Gasteiger partial charge on any atom is 0.256 e. The number of carbonyl (C=O) groups excluding carboxylic acids is 1. The van der Waals surface area contributed by atoms with Crippen LogP contribution in [0.2, 0.25) is 0 Å². The topological polar surface area (TPSA) is 76.1 Å². The quantitative estimate of drug-likeness (QED) is 0.864. The van der Waals surface area contributed by atoms with E-state index in [9.17, 15) is 22.0 Å². The molecule has 9 heteroatoms. The average molecular weight is 326 g/mol. The van der Waals surface area contributed by atoms with Gasteiger partial charge in [0.25, 0.3) is 5.92 Å². The lowest BCUT2D eigenvalue weighted by Gasteiger charge is -2.18. The van der Waals surface area contributed by atoms with E-state index in [2.05, 4.69) is 4.98 Å². The van der Waals surface area contributed by atoms with Crippen LogP contribution in [-0.4, -0.2) is 31.0 Å². The summed E-state index contributed by atoms with van der Waals surface area (Å²) >= 11 is 1.31. The highest BCUT2D eigenvalue weighted by Gasteiger charge is 2.37. The molecule has 114 valence electrons. The zero-order chi connectivity index (χ0) is 15.6. The maximum atomic E-state index is 12.9. The average Bonchev–Trinajstić information content (AvgIpc) is 2.69. The van der Waals surface area contributed by atoms with E-state index in [1.807, 2.05) is 0 Å². The van der Waals surface area contributed by atoms with Crippen LogP contribution in [0.15, 0.2) is 5.51 Å². The number of halogens is 2. The van der Waals surface area contributed by atoms with Gasteiger partial charge < -0.3 is 0 Å². The maximum absolute atomic E-state index is 12.9. The number of nitrogens with one attached hydrogen (secondary N) is 1. The van der Waals surface area contributed by atoms with Gasteiger partial charge in [-0.05, 0) is 20.3 Å². The van der Waals surface area contributed by atoms with Gasteiger partial charge in [0.1, 0.15) is 0 Å². The van der Waals surface area contributed by atoms with E-state index in [1.165, 1.54) is 11.3 Å². The number of hydrogen-bond donors (Lipinski definition) is 1. The van der Waals surface area contributed by atoms with Gasteiger partial charge in [0.15, 0.2) is 0 Å². The largest absolute Gasteiger partial charge is 0.273 e. The van der Waals surface area contributed by atoms with Crippen molar-refractivity contribution in [3.8, 4) is 0 Å². The van der Waals surface area contributed by atoms with Crippen LogP contribution in [0.1, 0.15) is 24.4 Å². The Kier molecular flexibility index (Phi) is 5.20. The Labute approximate surface area is 120 Å². The van der Waals surface area contributed by atoms with Crippen molar-refractivity contribution in [1.82, 2.24) is 9.71 Å². The fraction of sp³-hybridized carbons (Fsp3) is 0.636. The van der Waals surface area contributed by atoms with Gasteiger partial charge in [-0.2, -0.15) is 0 Å². The van der Waals surface area contributed by atoms with Gasteiger partial charge in [0.2, 0.25) is 15.9 Å². The second-order valence-corrected chi connectivity index (χ2v) is 7.36. The molecule has 0 aliphatic carbocycles. The number of carbonyl (C=O) groups is 1. The molecular weight excluding hydrogens is 310 g/mol. The van der Waals surface area contributed by atoms with Gasteiger partial charge in [0, 0.05) is 11.8 Å². The highest BCUT2D eigenvalue weighted by molar-refractivity contribution is 7.90. The first kappa shape index (κ1) is 17.0. The Hall–Kier alpha value is -1.09. The van der Waals surface area contributed by atoms with Crippen molar-refractivity contribution in [3.63, 3.8) is 0 Å². The summed E-state index contributed by atoms with van der Waals surface area (Å²) in [4.78, 5) is 16.2. The number of amides is 1. The van der Waals surface area contributed by atoms with Crippen LogP contribution >= 0.6 is 11.3 Å². The van der Waals surface area contributed by atoms with Gasteiger partial charge in [-0.3, -0.25) is 9.52 Å². The Morgan fingerprint density at radius 3 is 2.60 bits per heavy atom. The Morgan fingerprint density at radius 1 is 1.55 bits per heavy atom. The molecule has 0 radical (unpaired) electrons. The van der Waals surface area contributed by atoms with Gasteiger partial charge >= 0.3 is 0 Å². The fourth-order valence-electron chi connectivity index (χ4n) is 1.32. The van der Waals surface area contributed by atoms with E-state index in [0.29, 0.717) is 6.92 Å².